The van der Waals surface area contributed by atoms with Gasteiger partial charge in [0.15, 0.2) is 0 Å². The summed E-state index contributed by atoms with van der Waals surface area (Å²) < 4.78 is 0. The second kappa shape index (κ2) is 7.23. The lowest BCUT2D eigenvalue weighted by atomic mass is 10.2. The van der Waals surface area contributed by atoms with Gasteiger partial charge in [0, 0.05) is 31.2 Å². The highest BCUT2D eigenvalue weighted by atomic mass is 35.5. The molecular weight excluding hydrogens is 212 g/mol. The van der Waals surface area contributed by atoms with Crippen molar-refractivity contribution >= 4 is 11.6 Å². The Kier molecular flexibility index (Phi) is 6.25. The Morgan fingerprint density at radius 3 is 3.00 bits per heavy atom. The summed E-state index contributed by atoms with van der Waals surface area (Å²) in [5.74, 6) is 0. The molecule has 88 valence electrons. The zero-order valence-electron chi connectivity index (χ0n) is 9.38. The summed E-state index contributed by atoms with van der Waals surface area (Å²) >= 11 is 5.65. The summed E-state index contributed by atoms with van der Waals surface area (Å²) in [5, 5.41) is 12.4. The first-order valence-electron chi connectivity index (χ1n) is 5.58. The van der Waals surface area contributed by atoms with E-state index in [4.69, 9.17) is 16.7 Å². The van der Waals surface area contributed by atoms with E-state index in [9.17, 15) is 0 Å². The van der Waals surface area contributed by atoms with Crippen LogP contribution < -0.4 is 5.32 Å². The molecule has 0 aromatic rings. The van der Waals surface area contributed by atoms with Crippen molar-refractivity contribution in [3.63, 3.8) is 0 Å². The lowest BCUT2D eigenvalue weighted by molar-refractivity contribution is 0.195. The van der Waals surface area contributed by atoms with Crippen molar-refractivity contribution in [2.45, 2.75) is 25.8 Å². The van der Waals surface area contributed by atoms with Crippen LogP contribution in [0.25, 0.3) is 0 Å². The highest BCUT2D eigenvalue weighted by molar-refractivity contribution is 6.25. The molecule has 0 saturated carbocycles. The van der Waals surface area contributed by atoms with Crippen molar-refractivity contribution in [2.75, 3.05) is 32.8 Å². The first-order valence-corrected chi connectivity index (χ1v) is 6.02. The number of nitrogens with one attached hydrogen (secondary N) is 1. The second-order valence-electron chi connectivity index (χ2n) is 4.21. The number of rotatable bonds is 6. The predicted molar refractivity (Wildman–Crippen MR) is 64.2 cm³/mol. The van der Waals surface area contributed by atoms with Crippen LogP contribution in [0.15, 0.2) is 11.1 Å². The Bertz CT molecular complexity index is 203. The Labute approximate surface area is 97.1 Å². The van der Waals surface area contributed by atoms with Gasteiger partial charge in [0.1, 0.15) is 0 Å². The molecule has 0 aromatic heterocycles. The topological polar surface area (TPSA) is 35.5 Å². The van der Waals surface area contributed by atoms with Gasteiger partial charge in [-0.25, -0.2) is 0 Å². The minimum atomic E-state index is 0.211. The second-order valence-corrected chi connectivity index (χ2v) is 4.43. The SMILES string of the molecule is CC(=CCl)CN(CCO)CC1CCCN1. The standard InChI is InChI=1S/C11H21ClN2O/c1-10(7-12)8-14(5-6-15)9-11-3-2-4-13-11/h7,11,13,15H,2-6,8-9H2,1H3. The van der Waals surface area contributed by atoms with E-state index in [0.29, 0.717) is 6.04 Å². The third kappa shape index (κ3) is 4.98. The minimum absolute atomic E-state index is 0.211. The summed E-state index contributed by atoms with van der Waals surface area (Å²) in [6.45, 7) is 5.93. The predicted octanol–water partition coefficient (Wildman–Crippen LogP) is 1.18. The molecule has 1 aliphatic heterocycles. The zero-order chi connectivity index (χ0) is 11.1. The van der Waals surface area contributed by atoms with E-state index in [2.05, 4.69) is 10.2 Å². The molecule has 1 aliphatic rings. The van der Waals surface area contributed by atoms with Crippen LogP contribution in [0.4, 0.5) is 0 Å². The van der Waals surface area contributed by atoms with E-state index in [-0.39, 0.29) is 6.61 Å². The average Bonchev–Trinajstić information content (AvgIpc) is 2.70. The van der Waals surface area contributed by atoms with Crippen molar-refractivity contribution < 1.29 is 5.11 Å². The number of hydrogen-bond donors (Lipinski definition) is 2. The van der Waals surface area contributed by atoms with Crippen LogP contribution in [0.3, 0.4) is 0 Å². The van der Waals surface area contributed by atoms with Gasteiger partial charge in [0.2, 0.25) is 0 Å². The van der Waals surface area contributed by atoms with E-state index in [1.165, 1.54) is 12.8 Å². The molecule has 0 aromatic carbocycles. The van der Waals surface area contributed by atoms with Crippen molar-refractivity contribution in [1.82, 2.24) is 10.2 Å². The van der Waals surface area contributed by atoms with Gasteiger partial charge in [-0.2, -0.15) is 0 Å². The summed E-state index contributed by atoms with van der Waals surface area (Å²) in [6.07, 6.45) is 2.51. The van der Waals surface area contributed by atoms with Crippen LogP contribution in [0.1, 0.15) is 19.8 Å². The number of halogens is 1. The molecule has 4 heteroatoms. The third-order valence-corrected chi connectivity index (χ3v) is 3.09. The fourth-order valence-electron chi connectivity index (χ4n) is 1.99. The molecule has 15 heavy (non-hydrogen) atoms. The number of aliphatic hydroxyl groups excluding tert-OH is 1. The average molecular weight is 233 g/mol. The van der Waals surface area contributed by atoms with Crippen LogP contribution >= 0.6 is 11.6 Å². The van der Waals surface area contributed by atoms with Crippen LogP contribution in [0, 0.1) is 0 Å². The summed E-state index contributed by atoms with van der Waals surface area (Å²) in [7, 11) is 0. The van der Waals surface area contributed by atoms with E-state index in [0.717, 1.165) is 31.8 Å². The van der Waals surface area contributed by atoms with Crippen LogP contribution in [-0.2, 0) is 0 Å². The molecule has 0 aliphatic carbocycles. The summed E-state index contributed by atoms with van der Waals surface area (Å²) in [5.41, 5.74) is 2.76. The van der Waals surface area contributed by atoms with E-state index >= 15 is 0 Å². The van der Waals surface area contributed by atoms with E-state index < -0.39 is 0 Å². The van der Waals surface area contributed by atoms with Crippen molar-refractivity contribution in [3.05, 3.63) is 11.1 Å². The van der Waals surface area contributed by atoms with Crippen molar-refractivity contribution in [1.29, 1.82) is 0 Å². The highest BCUT2D eigenvalue weighted by Crippen LogP contribution is 2.08. The molecule has 0 radical (unpaired) electrons. The molecule has 1 saturated heterocycles. The molecule has 1 fully saturated rings. The van der Waals surface area contributed by atoms with E-state index in [1.54, 1.807) is 5.54 Å². The quantitative estimate of drug-likeness (QED) is 0.722. The molecule has 0 spiro atoms. The van der Waals surface area contributed by atoms with Gasteiger partial charge in [-0.05, 0) is 31.9 Å². The normalized spacial score (nSPS) is 22.7. The summed E-state index contributed by atoms with van der Waals surface area (Å²) in [4.78, 5) is 2.25. The zero-order valence-corrected chi connectivity index (χ0v) is 10.1. The monoisotopic (exact) mass is 232 g/mol. The molecule has 3 nitrogen and oxygen atoms in total. The Morgan fingerprint density at radius 2 is 2.47 bits per heavy atom. The van der Waals surface area contributed by atoms with Gasteiger partial charge in [-0.1, -0.05) is 11.6 Å². The fraction of sp³-hybridized carbons (Fsp3) is 0.818. The lowest BCUT2D eigenvalue weighted by Gasteiger charge is -2.24. The molecule has 0 amide bonds. The lowest BCUT2D eigenvalue weighted by Crippen LogP contribution is -2.39. The molecule has 0 bridgehead atoms. The van der Waals surface area contributed by atoms with Gasteiger partial charge >= 0.3 is 0 Å². The first kappa shape index (κ1) is 13.0. The summed E-state index contributed by atoms with van der Waals surface area (Å²) in [6, 6.07) is 0.583. The first-order chi connectivity index (χ1) is 7.26. The van der Waals surface area contributed by atoms with Gasteiger partial charge in [0.05, 0.1) is 6.61 Å². The Balaban J connectivity index is 2.34. The number of nitrogens with zero attached hydrogens (tertiary/aromatic N) is 1. The largest absolute Gasteiger partial charge is 0.395 e. The maximum atomic E-state index is 8.98. The van der Waals surface area contributed by atoms with E-state index in [1.807, 2.05) is 6.92 Å². The maximum absolute atomic E-state index is 8.98. The maximum Gasteiger partial charge on any atom is 0.0558 e. The number of aliphatic hydroxyl groups is 1. The highest BCUT2D eigenvalue weighted by Gasteiger charge is 2.17. The molecule has 1 heterocycles. The Morgan fingerprint density at radius 1 is 1.67 bits per heavy atom. The van der Waals surface area contributed by atoms with Gasteiger partial charge < -0.3 is 10.4 Å². The van der Waals surface area contributed by atoms with Crippen LogP contribution in [-0.4, -0.2) is 48.8 Å². The van der Waals surface area contributed by atoms with Gasteiger partial charge in [-0.15, -0.1) is 0 Å². The fourth-order valence-corrected chi connectivity index (χ4v) is 2.06. The molecule has 1 atom stereocenters. The van der Waals surface area contributed by atoms with Crippen LogP contribution in [0.2, 0.25) is 0 Å². The van der Waals surface area contributed by atoms with Crippen molar-refractivity contribution in [3.8, 4) is 0 Å². The smallest absolute Gasteiger partial charge is 0.0558 e. The molecule has 2 N–H and O–H groups in total. The molecular formula is C11H21ClN2O. The number of hydrogen-bond acceptors (Lipinski definition) is 3. The third-order valence-electron chi connectivity index (χ3n) is 2.72. The Hall–Kier alpha value is -0.0900. The van der Waals surface area contributed by atoms with Crippen molar-refractivity contribution in [2.24, 2.45) is 0 Å². The molecule has 1 unspecified atom stereocenters. The van der Waals surface area contributed by atoms with Gasteiger partial charge in [-0.3, -0.25) is 4.90 Å². The van der Waals surface area contributed by atoms with Crippen LogP contribution in [0.5, 0.6) is 0 Å². The molecule has 1 rings (SSSR count). The minimum Gasteiger partial charge on any atom is -0.395 e. The van der Waals surface area contributed by atoms with Gasteiger partial charge in [0.25, 0.3) is 0 Å².